The lowest BCUT2D eigenvalue weighted by molar-refractivity contribution is 0.415. The van der Waals surface area contributed by atoms with Crippen LogP contribution in [0.5, 0.6) is 5.75 Å². The van der Waals surface area contributed by atoms with E-state index in [1.807, 2.05) is 49.6 Å². The standard InChI is InChI=1S/C15H19N3O/c1-17-10-8-13(9-11-17)12-16-18(2)14-4-6-15(19-3)7-5-14/h4-10,12H,11H2,1-3H3. The van der Waals surface area contributed by atoms with Crippen LogP contribution in [0.15, 0.2) is 53.3 Å². The summed E-state index contributed by atoms with van der Waals surface area (Å²) in [5.41, 5.74) is 2.15. The van der Waals surface area contributed by atoms with Crippen LogP contribution < -0.4 is 9.75 Å². The van der Waals surface area contributed by atoms with Crippen LogP contribution in [0.2, 0.25) is 0 Å². The van der Waals surface area contributed by atoms with E-state index in [1.165, 1.54) is 0 Å². The van der Waals surface area contributed by atoms with Crippen molar-refractivity contribution in [3.05, 3.63) is 48.2 Å². The average molecular weight is 257 g/mol. The van der Waals surface area contributed by atoms with E-state index in [1.54, 1.807) is 7.11 Å². The summed E-state index contributed by atoms with van der Waals surface area (Å²) < 4.78 is 5.13. The smallest absolute Gasteiger partial charge is 0.119 e. The molecule has 0 atom stereocenters. The van der Waals surface area contributed by atoms with Gasteiger partial charge in [-0.25, -0.2) is 0 Å². The van der Waals surface area contributed by atoms with Crippen molar-refractivity contribution in [2.24, 2.45) is 5.10 Å². The molecule has 0 N–H and O–H groups in total. The van der Waals surface area contributed by atoms with Gasteiger partial charge in [-0.2, -0.15) is 5.10 Å². The van der Waals surface area contributed by atoms with Crippen LogP contribution in [0.1, 0.15) is 0 Å². The Bertz CT molecular complexity index is 503. The first kappa shape index (κ1) is 13.2. The van der Waals surface area contributed by atoms with E-state index >= 15 is 0 Å². The number of anilines is 1. The topological polar surface area (TPSA) is 28.1 Å². The number of hydrazone groups is 1. The average Bonchev–Trinajstić information content (AvgIpc) is 2.46. The van der Waals surface area contributed by atoms with E-state index in [0.29, 0.717) is 0 Å². The molecule has 1 aromatic carbocycles. The molecule has 1 aromatic rings. The third-order valence-corrected chi connectivity index (χ3v) is 2.96. The Morgan fingerprint density at radius 1 is 1.32 bits per heavy atom. The van der Waals surface area contributed by atoms with Gasteiger partial charge in [0.1, 0.15) is 5.75 Å². The van der Waals surface area contributed by atoms with Crippen molar-refractivity contribution in [2.45, 2.75) is 0 Å². The van der Waals surface area contributed by atoms with Crippen LogP contribution >= 0.6 is 0 Å². The summed E-state index contributed by atoms with van der Waals surface area (Å²) in [6, 6.07) is 7.82. The van der Waals surface area contributed by atoms with E-state index in [4.69, 9.17) is 4.74 Å². The van der Waals surface area contributed by atoms with Crippen LogP contribution in [0, 0.1) is 0 Å². The van der Waals surface area contributed by atoms with Gasteiger partial charge in [0.05, 0.1) is 19.0 Å². The van der Waals surface area contributed by atoms with Gasteiger partial charge in [0.2, 0.25) is 0 Å². The molecule has 0 aromatic heterocycles. The molecule has 100 valence electrons. The summed E-state index contributed by atoms with van der Waals surface area (Å²) in [6.07, 6.45) is 8.11. The van der Waals surface area contributed by atoms with E-state index in [-0.39, 0.29) is 0 Å². The Kier molecular flexibility index (Phi) is 4.23. The molecule has 0 bridgehead atoms. The number of hydrogen-bond acceptors (Lipinski definition) is 4. The van der Waals surface area contributed by atoms with E-state index in [0.717, 1.165) is 23.6 Å². The van der Waals surface area contributed by atoms with Crippen LogP contribution in [-0.4, -0.2) is 38.9 Å². The van der Waals surface area contributed by atoms with Crippen LogP contribution in [0.25, 0.3) is 0 Å². The first-order chi connectivity index (χ1) is 9.19. The Morgan fingerprint density at radius 2 is 2.05 bits per heavy atom. The van der Waals surface area contributed by atoms with Crippen molar-refractivity contribution in [1.29, 1.82) is 0 Å². The predicted octanol–water partition coefficient (Wildman–Crippen LogP) is 2.50. The molecule has 4 heteroatoms. The van der Waals surface area contributed by atoms with E-state index in [9.17, 15) is 0 Å². The number of benzene rings is 1. The summed E-state index contributed by atoms with van der Waals surface area (Å²) in [6.45, 7) is 0.921. The molecule has 4 nitrogen and oxygen atoms in total. The number of ether oxygens (including phenoxy) is 1. The minimum Gasteiger partial charge on any atom is -0.497 e. The first-order valence-corrected chi connectivity index (χ1v) is 6.19. The Balaban J connectivity index is 2.00. The van der Waals surface area contributed by atoms with Gasteiger partial charge in [-0.1, -0.05) is 6.08 Å². The van der Waals surface area contributed by atoms with Crippen LogP contribution in [0.4, 0.5) is 5.69 Å². The molecular weight excluding hydrogens is 238 g/mol. The molecule has 0 saturated carbocycles. The number of rotatable bonds is 4. The third-order valence-electron chi connectivity index (χ3n) is 2.96. The van der Waals surface area contributed by atoms with Gasteiger partial charge in [0, 0.05) is 20.6 Å². The summed E-state index contributed by atoms with van der Waals surface area (Å²) in [5, 5.41) is 6.27. The maximum Gasteiger partial charge on any atom is 0.119 e. The number of nitrogens with zero attached hydrogens (tertiary/aromatic N) is 3. The van der Waals surface area contributed by atoms with Crippen molar-refractivity contribution in [3.63, 3.8) is 0 Å². The molecule has 19 heavy (non-hydrogen) atoms. The molecule has 1 heterocycles. The zero-order chi connectivity index (χ0) is 13.7. The molecule has 0 radical (unpaired) electrons. The summed E-state index contributed by atoms with van der Waals surface area (Å²) in [4.78, 5) is 2.12. The number of likely N-dealkylation sites (N-methyl/N-ethyl adjacent to an activating group) is 1. The second-order valence-corrected chi connectivity index (χ2v) is 4.43. The highest BCUT2D eigenvalue weighted by atomic mass is 16.5. The lowest BCUT2D eigenvalue weighted by Gasteiger charge is -2.16. The van der Waals surface area contributed by atoms with Gasteiger partial charge >= 0.3 is 0 Å². The Morgan fingerprint density at radius 3 is 2.63 bits per heavy atom. The minimum absolute atomic E-state index is 0.849. The fourth-order valence-electron chi connectivity index (χ4n) is 1.71. The van der Waals surface area contributed by atoms with Gasteiger partial charge in [-0.3, -0.25) is 5.01 Å². The zero-order valence-corrected chi connectivity index (χ0v) is 11.6. The molecule has 0 aliphatic carbocycles. The second-order valence-electron chi connectivity index (χ2n) is 4.43. The summed E-state index contributed by atoms with van der Waals surface area (Å²) >= 11 is 0. The maximum absolute atomic E-state index is 5.13. The highest BCUT2D eigenvalue weighted by Gasteiger charge is 2.00. The highest BCUT2D eigenvalue weighted by molar-refractivity contribution is 5.83. The molecular formula is C15H19N3O. The van der Waals surface area contributed by atoms with Crippen LogP contribution in [0.3, 0.4) is 0 Å². The second kappa shape index (κ2) is 6.09. The monoisotopic (exact) mass is 257 g/mol. The predicted molar refractivity (Wildman–Crippen MR) is 79.7 cm³/mol. The van der Waals surface area contributed by atoms with Crippen molar-refractivity contribution in [3.8, 4) is 5.75 Å². The Hall–Kier alpha value is -2.23. The lowest BCUT2D eigenvalue weighted by atomic mass is 10.2. The zero-order valence-electron chi connectivity index (χ0n) is 11.6. The van der Waals surface area contributed by atoms with Gasteiger partial charge < -0.3 is 9.64 Å². The molecule has 1 aliphatic heterocycles. The van der Waals surface area contributed by atoms with Gasteiger partial charge in [0.15, 0.2) is 0 Å². The molecule has 0 unspecified atom stereocenters. The van der Waals surface area contributed by atoms with Gasteiger partial charge in [-0.15, -0.1) is 0 Å². The molecule has 1 aliphatic rings. The number of methoxy groups -OCH3 is 1. The SMILES string of the molecule is COc1ccc(N(C)N=CC2=CCN(C)C=C2)cc1. The van der Waals surface area contributed by atoms with Gasteiger partial charge in [0.25, 0.3) is 0 Å². The molecule has 0 fully saturated rings. The van der Waals surface area contributed by atoms with Gasteiger partial charge in [-0.05, 0) is 42.1 Å². The molecule has 2 rings (SSSR count). The van der Waals surface area contributed by atoms with E-state index < -0.39 is 0 Å². The normalized spacial score (nSPS) is 14.7. The Labute approximate surface area is 114 Å². The number of allylic oxidation sites excluding steroid dienone is 2. The largest absolute Gasteiger partial charge is 0.497 e. The third kappa shape index (κ3) is 3.61. The molecule has 0 amide bonds. The fraction of sp³-hybridized carbons (Fsp3) is 0.267. The van der Waals surface area contributed by atoms with Crippen molar-refractivity contribution < 1.29 is 4.74 Å². The highest BCUT2D eigenvalue weighted by Crippen LogP contribution is 2.18. The van der Waals surface area contributed by atoms with Crippen molar-refractivity contribution >= 4 is 11.9 Å². The van der Waals surface area contributed by atoms with Crippen molar-refractivity contribution in [1.82, 2.24) is 4.90 Å². The van der Waals surface area contributed by atoms with Crippen molar-refractivity contribution in [2.75, 3.05) is 32.8 Å². The minimum atomic E-state index is 0.849. The first-order valence-electron chi connectivity index (χ1n) is 6.19. The summed E-state index contributed by atoms with van der Waals surface area (Å²) in [7, 11) is 5.64. The molecule has 0 saturated heterocycles. The molecule has 0 spiro atoms. The quantitative estimate of drug-likeness (QED) is 0.613. The lowest BCUT2D eigenvalue weighted by Crippen LogP contribution is -2.14. The summed E-state index contributed by atoms with van der Waals surface area (Å²) in [5.74, 6) is 0.849. The maximum atomic E-state index is 5.13. The van der Waals surface area contributed by atoms with E-state index in [2.05, 4.69) is 28.4 Å². The van der Waals surface area contributed by atoms with Crippen LogP contribution in [-0.2, 0) is 0 Å². The fourth-order valence-corrected chi connectivity index (χ4v) is 1.71. The number of hydrogen-bond donors (Lipinski definition) is 0.